The van der Waals surface area contributed by atoms with Crippen molar-refractivity contribution in [3.05, 3.63) is 59.2 Å². The average molecular weight is 313 g/mol. The molecule has 1 amide bonds. The quantitative estimate of drug-likeness (QED) is 0.832. The molecule has 0 bridgehead atoms. The first-order valence-electron chi connectivity index (χ1n) is 7.35. The Labute approximate surface area is 134 Å². The molecule has 0 aliphatic carbocycles. The molecule has 2 aromatic rings. The number of benzene rings is 2. The lowest BCUT2D eigenvalue weighted by Gasteiger charge is -2.08. The number of esters is 1. The normalized spacial score (nSPS) is 10.2. The molecule has 120 valence electrons. The number of phenolic OH excluding ortho intramolecular Hbond substituents is 1. The molecule has 0 saturated heterocycles. The molecule has 0 aliphatic rings. The van der Waals surface area contributed by atoms with Gasteiger partial charge in [-0.05, 0) is 43.2 Å². The molecule has 0 spiro atoms. The van der Waals surface area contributed by atoms with Crippen LogP contribution in [0.15, 0.2) is 42.5 Å². The molecule has 0 unspecified atom stereocenters. The first-order valence-corrected chi connectivity index (χ1v) is 7.35. The van der Waals surface area contributed by atoms with Gasteiger partial charge in [0.2, 0.25) is 0 Å². The number of aromatic hydroxyl groups is 1. The predicted molar refractivity (Wildman–Crippen MR) is 87.6 cm³/mol. The van der Waals surface area contributed by atoms with Crippen molar-refractivity contribution >= 4 is 17.6 Å². The van der Waals surface area contributed by atoms with Crippen molar-refractivity contribution in [2.24, 2.45) is 0 Å². The van der Waals surface area contributed by atoms with E-state index >= 15 is 0 Å². The molecular formula is C18H19NO4. The SMILES string of the molecule is CCc1ccc(NC(=O)COC(=O)c2cc(C)ccc2O)cc1. The average Bonchev–Trinajstić information content (AvgIpc) is 2.55. The molecule has 0 radical (unpaired) electrons. The summed E-state index contributed by atoms with van der Waals surface area (Å²) in [6.07, 6.45) is 0.922. The molecule has 0 heterocycles. The van der Waals surface area contributed by atoms with Crippen molar-refractivity contribution in [1.29, 1.82) is 0 Å². The highest BCUT2D eigenvalue weighted by Gasteiger charge is 2.14. The standard InChI is InChI=1S/C18H19NO4/c1-3-13-5-7-14(8-6-13)19-17(21)11-23-18(22)15-10-12(2)4-9-16(15)20/h4-10,20H,3,11H2,1-2H3,(H,19,21). The maximum Gasteiger partial charge on any atom is 0.342 e. The maximum atomic E-state index is 11.9. The third kappa shape index (κ3) is 4.57. The maximum absolute atomic E-state index is 11.9. The summed E-state index contributed by atoms with van der Waals surface area (Å²) in [7, 11) is 0. The lowest BCUT2D eigenvalue weighted by molar-refractivity contribution is -0.119. The van der Waals surface area contributed by atoms with Crippen LogP contribution in [0, 0.1) is 6.92 Å². The Morgan fingerprint density at radius 3 is 2.48 bits per heavy atom. The van der Waals surface area contributed by atoms with E-state index in [1.165, 1.54) is 17.7 Å². The fourth-order valence-electron chi connectivity index (χ4n) is 2.04. The van der Waals surface area contributed by atoms with Crippen LogP contribution < -0.4 is 5.32 Å². The smallest absolute Gasteiger partial charge is 0.342 e. The third-order valence-electron chi connectivity index (χ3n) is 3.35. The number of anilines is 1. The summed E-state index contributed by atoms with van der Waals surface area (Å²) in [6.45, 7) is 3.43. The second-order valence-electron chi connectivity index (χ2n) is 5.20. The summed E-state index contributed by atoms with van der Waals surface area (Å²) in [6, 6.07) is 12.0. The second kappa shape index (κ2) is 7.45. The number of aryl methyl sites for hydroxylation is 2. The molecule has 0 atom stereocenters. The topological polar surface area (TPSA) is 75.6 Å². The lowest BCUT2D eigenvalue weighted by Crippen LogP contribution is -2.21. The zero-order chi connectivity index (χ0) is 16.8. The van der Waals surface area contributed by atoms with Gasteiger partial charge in [0.15, 0.2) is 6.61 Å². The molecule has 2 aromatic carbocycles. The molecule has 2 N–H and O–H groups in total. The summed E-state index contributed by atoms with van der Waals surface area (Å²) < 4.78 is 4.93. The van der Waals surface area contributed by atoms with E-state index in [1.807, 2.05) is 19.1 Å². The summed E-state index contributed by atoms with van der Waals surface area (Å²) in [5, 5.41) is 12.3. The van der Waals surface area contributed by atoms with Gasteiger partial charge in [0, 0.05) is 5.69 Å². The van der Waals surface area contributed by atoms with Crippen LogP contribution in [0.4, 0.5) is 5.69 Å². The summed E-state index contributed by atoms with van der Waals surface area (Å²) in [4.78, 5) is 23.7. The fourth-order valence-corrected chi connectivity index (χ4v) is 2.04. The van der Waals surface area contributed by atoms with E-state index in [4.69, 9.17) is 4.74 Å². The molecule has 0 aromatic heterocycles. The third-order valence-corrected chi connectivity index (χ3v) is 3.35. The monoisotopic (exact) mass is 313 g/mol. The molecule has 2 rings (SSSR count). The Kier molecular flexibility index (Phi) is 5.36. The highest BCUT2D eigenvalue weighted by molar-refractivity contribution is 5.96. The van der Waals surface area contributed by atoms with Gasteiger partial charge < -0.3 is 15.2 Å². The Bertz CT molecular complexity index is 707. The van der Waals surface area contributed by atoms with Crippen LogP contribution in [0.1, 0.15) is 28.4 Å². The number of amides is 1. The van der Waals surface area contributed by atoms with Crippen LogP contribution in [0.3, 0.4) is 0 Å². The van der Waals surface area contributed by atoms with Crippen molar-refractivity contribution in [3.63, 3.8) is 0 Å². The van der Waals surface area contributed by atoms with E-state index in [0.29, 0.717) is 5.69 Å². The Morgan fingerprint density at radius 2 is 1.83 bits per heavy atom. The molecule has 0 fully saturated rings. The highest BCUT2D eigenvalue weighted by Crippen LogP contribution is 2.19. The molecule has 5 heteroatoms. The first-order chi connectivity index (χ1) is 11.0. The Balaban J connectivity index is 1.90. The number of nitrogens with one attached hydrogen (secondary N) is 1. The van der Waals surface area contributed by atoms with Gasteiger partial charge in [0.1, 0.15) is 11.3 Å². The van der Waals surface area contributed by atoms with E-state index < -0.39 is 18.5 Å². The van der Waals surface area contributed by atoms with Crippen molar-refractivity contribution < 1.29 is 19.4 Å². The fraction of sp³-hybridized carbons (Fsp3) is 0.222. The zero-order valence-electron chi connectivity index (χ0n) is 13.1. The van der Waals surface area contributed by atoms with Gasteiger partial charge in [0.05, 0.1) is 0 Å². The van der Waals surface area contributed by atoms with Crippen molar-refractivity contribution in [2.75, 3.05) is 11.9 Å². The number of ether oxygens (including phenoxy) is 1. The molecular weight excluding hydrogens is 294 g/mol. The van der Waals surface area contributed by atoms with Gasteiger partial charge in [-0.25, -0.2) is 4.79 Å². The minimum atomic E-state index is -0.734. The van der Waals surface area contributed by atoms with Crippen LogP contribution in [0.5, 0.6) is 5.75 Å². The van der Waals surface area contributed by atoms with E-state index in [0.717, 1.165) is 12.0 Å². The number of carbonyl (C=O) groups excluding carboxylic acids is 2. The molecule has 0 saturated carbocycles. The van der Waals surface area contributed by atoms with E-state index in [2.05, 4.69) is 5.32 Å². The molecule has 5 nitrogen and oxygen atoms in total. The highest BCUT2D eigenvalue weighted by atomic mass is 16.5. The van der Waals surface area contributed by atoms with Crippen molar-refractivity contribution in [1.82, 2.24) is 0 Å². The van der Waals surface area contributed by atoms with Gasteiger partial charge in [-0.15, -0.1) is 0 Å². The van der Waals surface area contributed by atoms with E-state index in [-0.39, 0.29) is 11.3 Å². The minimum absolute atomic E-state index is 0.0464. The minimum Gasteiger partial charge on any atom is -0.507 e. The Hall–Kier alpha value is -2.82. The van der Waals surface area contributed by atoms with Gasteiger partial charge in [-0.1, -0.05) is 30.7 Å². The summed E-state index contributed by atoms with van der Waals surface area (Å²) in [5.41, 5.74) is 2.67. The Morgan fingerprint density at radius 1 is 1.13 bits per heavy atom. The van der Waals surface area contributed by atoms with E-state index in [9.17, 15) is 14.7 Å². The molecule has 23 heavy (non-hydrogen) atoms. The van der Waals surface area contributed by atoms with Crippen LogP contribution in [-0.2, 0) is 16.0 Å². The zero-order valence-corrected chi connectivity index (χ0v) is 13.1. The summed E-state index contributed by atoms with van der Waals surface area (Å²) in [5.74, 6) is -1.34. The van der Waals surface area contributed by atoms with Gasteiger partial charge >= 0.3 is 5.97 Å². The van der Waals surface area contributed by atoms with Gasteiger partial charge in [0.25, 0.3) is 5.91 Å². The van der Waals surface area contributed by atoms with Crippen LogP contribution >= 0.6 is 0 Å². The summed E-state index contributed by atoms with van der Waals surface area (Å²) >= 11 is 0. The van der Waals surface area contributed by atoms with Crippen molar-refractivity contribution in [3.8, 4) is 5.75 Å². The van der Waals surface area contributed by atoms with Gasteiger partial charge in [-0.3, -0.25) is 4.79 Å². The number of rotatable bonds is 5. The van der Waals surface area contributed by atoms with Crippen LogP contribution in [-0.4, -0.2) is 23.6 Å². The van der Waals surface area contributed by atoms with E-state index in [1.54, 1.807) is 25.1 Å². The van der Waals surface area contributed by atoms with Crippen LogP contribution in [0.2, 0.25) is 0 Å². The number of hydrogen-bond donors (Lipinski definition) is 2. The van der Waals surface area contributed by atoms with Crippen molar-refractivity contribution in [2.45, 2.75) is 20.3 Å². The number of phenols is 1. The predicted octanol–water partition coefficient (Wildman–Crippen LogP) is 3.06. The largest absolute Gasteiger partial charge is 0.507 e. The molecule has 0 aliphatic heterocycles. The number of carbonyl (C=O) groups is 2. The number of hydrogen-bond acceptors (Lipinski definition) is 4. The van der Waals surface area contributed by atoms with Gasteiger partial charge in [-0.2, -0.15) is 0 Å². The lowest BCUT2D eigenvalue weighted by atomic mass is 10.1. The van der Waals surface area contributed by atoms with Crippen LogP contribution in [0.25, 0.3) is 0 Å². The first kappa shape index (κ1) is 16.5. The second-order valence-corrected chi connectivity index (χ2v) is 5.20.